The lowest BCUT2D eigenvalue weighted by Gasteiger charge is -2.35. The lowest BCUT2D eigenvalue weighted by Crippen LogP contribution is -2.48. The Balaban J connectivity index is 1.77. The topological polar surface area (TPSA) is 82.0 Å². The highest BCUT2D eigenvalue weighted by Gasteiger charge is 2.33. The van der Waals surface area contributed by atoms with Crippen LogP contribution in [0.1, 0.15) is 26.8 Å². The minimum Gasteiger partial charge on any atom is -0.446 e. The molecule has 160 valence electrons. The van der Waals surface area contributed by atoms with Gasteiger partial charge in [0.05, 0.1) is 11.6 Å². The van der Waals surface area contributed by atoms with Crippen LogP contribution in [0.15, 0.2) is 78.2 Å². The van der Waals surface area contributed by atoms with Crippen LogP contribution in [0.2, 0.25) is 0 Å². The standard InChI is InChI=1S/C24H24N2O4S/c1-2-21(27)26(17-30-24(29)19-12-7-4-8-13-19)22(20-14-9-15-31-20)23(28)25-16-18-10-5-3-6-11-18/h1,3-15,21-23,25,27-28H,16-17H2. The third-order valence-corrected chi connectivity index (χ3v) is 5.61. The van der Waals surface area contributed by atoms with Crippen molar-refractivity contribution in [1.29, 1.82) is 0 Å². The SMILES string of the molecule is C#CC(O)N(COC(=O)c1ccccc1)C(c1cccs1)C(O)NCc1ccccc1. The van der Waals surface area contributed by atoms with E-state index in [-0.39, 0.29) is 6.73 Å². The fourth-order valence-electron chi connectivity index (χ4n) is 3.08. The molecule has 0 radical (unpaired) electrons. The number of aliphatic hydroxyl groups is 2. The van der Waals surface area contributed by atoms with E-state index in [0.29, 0.717) is 12.1 Å². The van der Waals surface area contributed by atoms with Gasteiger partial charge in [-0.05, 0) is 29.1 Å². The number of thiophene rings is 1. The third-order valence-electron chi connectivity index (χ3n) is 4.67. The van der Waals surface area contributed by atoms with Crippen molar-refractivity contribution in [3.8, 4) is 12.3 Å². The van der Waals surface area contributed by atoms with E-state index in [0.717, 1.165) is 10.4 Å². The second-order valence-electron chi connectivity index (χ2n) is 6.75. The van der Waals surface area contributed by atoms with Crippen molar-refractivity contribution in [3.63, 3.8) is 0 Å². The number of carbonyl (C=O) groups is 1. The number of nitrogens with zero attached hydrogens (tertiary/aromatic N) is 1. The average molecular weight is 437 g/mol. The third kappa shape index (κ3) is 6.25. The first-order valence-electron chi connectivity index (χ1n) is 9.71. The summed E-state index contributed by atoms with van der Waals surface area (Å²) >= 11 is 1.41. The van der Waals surface area contributed by atoms with Gasteiger partial charge in [0.25, 0.3) is 0 Å². The quantitative estimate of drug-likeness (QED) is 0.258. The van der Waals surface area contributed by atoms with Gasteiger partial charge >= 0.3 is 5.97 Å². The van der Waals surface area contributed by atoms with Crippen molar-refractivity contribution in [2.24, 2.45) is 0 Å². The Morgan fingerprint density at radius 3 is 2.35 bits per heavy atom. The van der Waals surface area contributed by atoms with E-state index >= 15 is 0 Å². The Labute approximate surface area is 185 Å². The molecule has 0 amide bonds. The van der Waals surface area contributed by atoms with Crippen molar-refractivity contribution in [1.82, 2.24) is 10.2 Å². The van der Waals surface area contributed by atoms with Crippen LogP contribution in [0.4, 0.5) is 0 Å². The van der Waals surface area contributed by atoms with Crippen LogP contribution >= 0.6 is 11.3 Å². The molecule has 3 rings (SSSR count). The summed E-state index contributed by atoms with van der Waals surface area (Å²) in [5, 5.41) is 26.4. The lowest BCUT2D eigenvalue weighted by molar-refractivity contribution is -0.0899. The summed E-state index contributed by atoms with van der Waals surface area (Å²) in [4.78, 5) is 14.5. The second-order valence-corrected chi connectivity index (χ2v) is 7.73. The molecule has 1 aromatic heterocycles. The number of esters is 1. The molecule has 0 saturated heterocycles. The molecule has 0 aliphatic rings. The van der Waals surface area contributed by atoms with Crippen molar-refractivity contribution < 1.29 is 19.7 Å². The van der Waals surface area contributed by atoms with Gasteiger partial charge in [0, 0.05) is 11.4 Å². The van der Waals surface area contributed by atoms with E-state index in [1.165, 1.54) is 16.2 Å². The Hall–Kier alpha value is -2.99. The number of benzene rings is 2. The van der Waals surface area contributed by atoms with Gasteiger partial charge in [-0.2, -0.15) is 0 Å². The minimum absolute atomic E-state index is 0.300. The highest BCUT2D eigenvalue weighted by Crippen LogP contribution is 2.29. The molecule has 31 heavy (non-hydrogen) atoms. The molecule has 0 spiro atoms. The van der Waals surface area contributed by atoms with E-state index in [1.807, 2.05) is 47.8 Å². The van der Waals surface area contributed by atoms with Gasteiger partial charge in [0.15, 0.2) is 6.23 Å². The number of carbonyl (C=O) groups excluding carboxylic acids is 1. The van der Waals surface area contributed by atoms with Crippen LogP contribution in [0.3, 0.4) is 0 Å². The first-order chi connectivity index (χ1) is 15.1. The largest absolute Gasteiger partial charge is 0.446 e. The molecule has 0 bridgehead atoms. The summed E-state index contributed by atoms with van der Waals surface area (Å²) in [6.45, 7) is 0.111. The maximum atomic E-state index is 12.4. The van der Waals surface area contributed by atoms with E-state index in [1.54, 1.807) is 30.3 Å². The Kier molecular flexibility index (Phi) is 8.35. The Morgan fingerprint density at radius 2 is 1.74 bits per heavy atom. The monoisotopic (exact) mass is 436 g/mol. The Morgan fingerprint density at radius 1 is 1.06 bits per heavy atom. The van der Waals surface area contributed by atoms with Crippen LogP contribution in [0.25, 0.3) is 0 Å². The summed E-state index contributed by atoms with van der Waals surface area (Å²) < 4.78 is 5.40. The van der Waals surface area contributed by atoms with E-state index in [4.69, 9.17) is 11.2 Å². The summed E-state index contributed by atoms with van der Waals surface area (Å²) in [6, 6.07) is 21.1. The maximum Gasteiger partial charge on any atom is 0.339 e. The number of nitrogens with one attached hydrogen (secondary N) is 1. The molecule has 0 fully saturated rings. The van der Waals surface area contributed by atoms with Gasteiger partial charge in [0.1, 0.15) is 13.0 Å². The van der Waals surface area contributed by atoms with Gasteiger partial charge in [-0.3, -0.25) is 5.32 Å². The second kappa shape index (κ2) is 11.4. The number of ether oxygens (including phenoxy) is 1. The van der Waals surface area contributed by atoms with Crippen molar-refractivity contribution >= 4 is 17.3 Å². The fourth-order valence-corrected chi connectivity index (χ4v) is 3.95. The van der Waals surface area contributed by atoms with Crippen LogP contribution in [-0.4, -0.2) is 40.3 Å². The number of aliphatic hydroxyl groups excluding tert-OH is 2. The number of hydrogen-bond acceptors (Lipinski definition) is 7. The van der Waals surface area contributed by atoms with Crippen LogP contribution in [0, 0.1) is 12.3 Å². The van der Waals surface area contributed by atoms with Gasteiger partial charge < -0.3 is 14.9 Å². The summed E-state index contributed by atoms with van der Waals surface area (Å²) in [6.07, 6.45) is 3.01. The smallest absolute Gasteiger partial charge is 0.339 e. The highest BCUT2D eigenvalue weighted by molar-refractivity contribution is 7.10. The zero-order valence-electron chi connectivity index (χ0n) is 16.8. The van der Waals surface area contributed by atoms with Crippen molar-refractivity contribution in [3.05, 3.63) is 94.2 Å². The molecule has 3 N–H and O–H groups in total. The molecule has 0 aliphatic carbocycles. The molecule has 0 aliphatic heterocycles. The average Bonchev–Trinajstić information content (AvgIpc) is 3.35. The molecule has 3 atom stereocenters. The van der Waals surface area contributed by atoms with Gasteiger partial charge in [-0.25, -0.2) is 9.69 Å². The summed E-state index contributed by atoms with van der Waals surface area (Å²) in [5.41, 5.74) is 1.37. The van der Waals surface area contributed by atoms with Gasteiger partial charge in [-0.1, -0.05) is 60.5 Å². The van der Waals surface area contributed by atoms with Crippen molar-refractivity contribution in [2.45, 2.75) is 25.0 Å². The van der Waals surface area contributed by atoms with Crippen LogP contribution < -0.4 is 5.32 Å². The predicted octanol–water partition coefficient (Wildman–Crippen LogP) is 2.97. The highest BCUT2D eigenvalue weighted by atomic mass is 32.1. The van der Waals surface area contributed by atoms with Crippen LogP contribution in [0.5, 0.6) is 0 Å². The molecule has 7 heteroatoms. The number of hydrogen-bond donors (Lipinski definition) is 3. The van der Waals surface area contributed by atoms with E-state index in [9.17, 15) is 15.0 Å². The van der Waals surface area contributed by atoms with E-state index in [2.05, 4.69) is 11.2 Å². The van der Waals surface area contributed by atoms with Crippen molar-refractivity contribution in [2.75, 3.05) is 6.73 Å². The van der Waals surface area contributed by atoms with Gasteiger partial charge in [0.2, 0.25) is 0 Å². The zero-order chi connectivity index (χ0) is 22.1. The molecule has 6 nitrogen and oxygen atoms in total. The summed E-state index contributed by atoms with van der Waals surface area (Å²) in [7, 11) is 0. The molecular formula is C24H24N2O4S. The molecule has 1 heterocycles. The minimum atomic E-state index is -1.37. The first kappa shape index (κ1) is 22.7. The first-order valence-corrected chi connectivity index (χ1v) is 10.6. The van der Waals surface area contributed by atoms with E-state index < -0.39 is 24.5 Å². The normalized spacial score (nSPS) is 13.9. The predicted molar refractivity (Wildman–Crippen MR) is 120 cm³/mol. The number of rotatable bonds is 10. The number of terminal acetylenes is 1. The lowest BCUT2D eigenvalue weighted by atomic mass is 10.1. The molecular weight excluding hydrogens is 412 g/mol. The molecule has 2 aromatic carbocycles. The molecule has 0 saturated carbocycles. The fraction of sp³-hybridized carbons (Fsp3) is 0.208. The maximum absolute atomic E-state index is 12.4. The van der Waals surface area contributed by atoms with Gasteiger partial charge in [-0.15, -0.1) is 17.8 Å². The Bertz CT molecular complexity index is 974. The molecule has 3 aromatic rings. The zero-order valence-corrected chi connectivity index (χ0v) is 17.6. The summed E-state index contributed by atoms with van der Waals surface area (Å²) in [5.74, 6) is 1.71. The van der Waals surface area contributed by atoms with Crippen LogP contribution in [-0.2, 0) is 11.3 Å². The molecule has 3 unspecified atom stereocenters.